The molecule has 0 fully saturated rings. The molecule has 0 aromatic rings. The van der Waals surface area contributed by atoms with E-state index in [9.17, 15) is 9.13 Å². The third-order valence-corrected chi connectivity index (χ3v) is 6.25. The van der Waals surface area contributed by atoms with Crippen molar-refractivity contribution in [3.05, 3.63) is 0 Å². The molecule has 0 aliphatic rings. The van der Waals surface area contributed by atoms with Crippen molar-refractivity contribution in [1.82, 2.24) is 0 Å². The van der Waals surface area contributed by atoms with Gasteiger partial charge in [0.05, 0.1) is 26.4 Å². The van der Waals surface area contributed by atoms with Crippen molar-refractivity contribution in [2.24, 2.45) is 11.8 Å². The molecule has 7 nitrogen and oxygen atoms in total. The Kier molecular flexibility index (Phi) is 14.4. The second kappa shape index (κ2) is 14.3. The maximum Gasteiger partial charge on any atom is 0.475 e. The van der Waals surface area contributed by atoms with Gasteiger partial charge in [0.1, 0.15) is 0 Å². The van der Waals surface area contributed by atoms with Crippen LogP contribution < -0.4 is 0 Å². The normalized spacial score (nSPS) is 13.1. The summed E-state index contributed by atoms with van der Waals surface area (Å²) in [5.41, 5.74) is 0. The molecule has 158 valence electrons. The largest absolute Gasteiger partial charge is 0.475 e. The molecule has 26 heavy (non-hydrogen) atoms. The summed E-state index contributed by atoms with van der Waals surface area (Å²) in [7, 11) is -7.36. The molecule has 0 N–H and O–H groups in total. The summed E-state index contributed by atoms with van der Waals surface area (Å²) < 4.78 is 52.7. The van der Waals surface area contributed by atoms with Crippen LogP contribution in [0.15, 0.2) is 0 Å². The Hall–Kier alpha value is 0.260. The van der Waals surface area contributed by atoms with Crippen LogP contribution in [0, 0.1) is 11.8 Å². The van der Waals surface area contributed by atoms with E-state index >= 15 is 0 Å². The summed E-state index contributed by atoms with van der Waals surface area (Å²) in [5, 5.41) is 0. The van der Waals surface area contributed by atoms with E-state index in [1.165, 1.54) is 0 Å². The van der Waals surface area contributed by atoms with Crippen LogP contribution in [0.1, 0.15) is 67.2 Å². The summed E-state index contributed by atoms with van der Waals surface area (Å²) >= 11 is 0. The Balaban J connectivity index is 4.91. The smallest absolute Gasteiger partial charge is 0.307 e. The maximum atomic E-state index is 12.9. The molecule has 0 radical (unpaired) electrons. The number of hydrogen-bond donors (Lipinski definition) is 0. The first-order valence-corrected chi connectivity index (χ1v) is 12.8. The molecular weight excluding hydrogens is 378 g/mol. The lowest BCUT2D eigenvalue weighted by molar-refractivity contribution is 0.0966. The van der Waals surface area contributed by atoms with Crippen molar-refractivity contribution in [3.63, 3.8) is 0 Å². The minimum atomic E-state index is -3.83. The van der Waals surface area contributed by atoms with Gasteiger partial charge in [0, 0.05) is 0 Å². The molecule has 0 rings (SSSR count). The van der Waals surface area contributed by atoms with Crippen LogP contribution in [-0.2, 0) is 31.7 Å². The second-order valence-corrected chi connectivity index (χ2v) is 10.7. The van der Waals surface area contributed by atoms with Crippen molar-refractivity contribution >= 4 is 15.4 Å². The highest BCUT2D eigenvalue weighted by Gasteiger charge is 2.34. The highest BCUT2D eigenvalue weighted by Crippen LogP contribution is 2.57. The molecule has 0 aliphatic heterocycles. The molecule has 0 spiro atoms. The minimum absolute atomic E-state index is 0.156. The highest BCUT2D eigenvalue weighted by atomic mass is 31.2. The number of hydrogen-bond acceptors (Lipinski definition) is 7. The van der Waals surface area contributed by atoms with E-state index in [0.29, 0.717) is 13.2 Å². The molecule has 0 aromatic heterocycles. The predicted octanol–water partition coefficient (Wildman–Crippen LogP) is 6.24. The number of rotatable bonds is 17. The molecular formula is C17H38O7P2. The van der Waals surface area contributed by atoms with E-state index in [2.05, 4.69) is 0 Å². The molecule has 0 bridgehead atoms. The van der Waals surface area contributed by atoms with Gasteiger partial charge in [-0.05, 0) is 24.7 Å². The first-order valence-electron chi connectivity index (χ1n) is 9.58. The van der Waals surface area contributed by atoms with E-state index in [1.807, 2.05) is 41.5 Å². The van der Waals surface area contributed by atoms with E-state index < -0.39 is 21.8 Å². The van der Waals surface area contributed by atoms with Gasteiger partial charge in [0.25, 0.3) is 0 Å². The minimum Gasteiger partial charge on any atom is -0.307 e. The summed E-state index contributed by atoms with van der Waals surface area (Å²) in [6.07, 6.45) is 2.87. The second-order valence-electron chi connectivity index (χ2n) is 7.07. The predicted molar refractivity (Wildman–Crippen MR) is 104 cm³/mol. The van der Waals surface area contributed by atoms with Crippen molar-refractivity contribution in [3.8, 4) is 0 Å². The fourth-order valence-electron chi connectivity index (χ4n) is 1.54. The molecule has 0 aliphatic carbocycles. The third-order valence-electron chi connectivity index (χ3n) is 3.08. The molecule has 0 amide bonds. The molecule has 0 atom stereocenters. The lowest BCUT2D eigenvalue weighted by Crippen LogP contribution is -2.11. The first-order chi connectivity index (χ1) is 12.2. The Morgan fingerprint density at radius 3 is 1.46 bits per heavy atom. The zero-order valence-corrected chi connectivity index (χ0v) is 19.1. The van der Waals surface area contributed by atoms with Crippen LogP contribution >= 0.6 is 15.4 Å². The van der Waals surface area contributed by atoms with Crippen LogP contribution in [0.2, 0.25) is 0 Å². The molecule has 0 saturated carbocycles. The average molecular weight is 416 g/mol. The van der Waals surface area contributed by atoms with Gasteiger partial charge in [-0.25, -0.2) is 4.57 Å². The molecule has 0 unspecified atom stereocenters. The zero-order chi connectivity index (χ0) is 20.1. The van der Waals surface area contributed by atoms with Crippen LogP contribution in [0.25, 0.3) is 0 Å². The van der Waals surface area contributed by atoms with Gasteiger partial charge in [-0.2, -0.15) is 0 Å². The van der Waals surface area contributed by atoms with Crippen molar-refractivity contribution in [2.45, 2.75) is 67.2 Å². The Morgan fingerprint density at radius 2 is 1.12 bits per heavy atom. The van der Waals surface area contributed by atoms with Crippen molar-refractivity contribution < 1.29 is 31.7 Å². The fraction of sp³-hybridized carbons (Fsp3) is 1.00. The van der Waals surface area contributed by atoms with Gasteiger partial charge in [0.2, 0.25) is 0 Å². The molecule has 0 aromatic carbocycles. The van der Waals surface area contributed by atoms with Crippen LogP contribution in [0.5, 0.6) is 0 Å². The number of phosphoric ester groups is 1. The lowest BCUT2D eigenvalue weighted by Gasteiger charge is -2.23. The maximum absolute atomic E-state index is 12.9. The Morgan fingerprint density at radius 1 is 0.692 bits per heavy atom. The SMILES string of the molecule is CCCCOP(=O)(COP(=O)(OCC(C)C)OCC(C)C)OCCCC. The topological polar surface area (TPSA) is 80.3 Å². The first kappa shape index (κ1) is 26.3. The van der Waals surface area contributed by atoms with Crippen LogP contribution in [-0.4, -0.2) is 32.8 Å². The quantitative estimate of drug-likeness (QED) is 0.205. The molecule has 0 saturated heterocycles. The zero-order valence-electron chi connectivity index (χ0n) is 17.3. The van der Waals surface area contributed by atoms with E-state index in [4.69, 9.17) is 22.6 Å². The molecule has 0 heterocycles. The highest BCUT2D eigenvalue weighted by molar-refractivity contribution is 7.55. The van der Waals surface area contributed by atoms with Crippen molar-refractivity contribution in [2.75, 3.05) is 32.8 Å². The van der Waals surface area contributed by atoms with Gasteiger partial charge >= 0.3 is 15.4 Å². The van der Waals surface area contributed by atoms with Crippen molar-refractivity contribution in [1.29, 1.82) is 0 Å². The Labute approximate surface area is 159 Å². The summed E-state index contributed by atoms with van der Waals surface area (Å²) in [6, 6.07) is 0. The van der Waals surface area contributed by atoms with Gasteiger partial charge in [-0.15, -0.1) is 0 Å². The fourth-order valence-corrected chi connectivity index (χ4v) is 4.90. The lowest BCUT2D eigenvalue weighted by atomic mass is 10.2. The van der Waals surface area contributed by atoms with Crippen LogP contribution in [0.3, 0.4) is 0 Å². The van der Waals surface area contributed by atoms with Gasteiger partial charge in [-0.3, -0.25) is 18.1 Å². The van der Waals surface area contributed by atoms with E-state index in [0.717, 1.165) is 25.7 Å². The van der Waals surface area contributed by atoms with Crippen LogP contribution in [0.4, 0.5) is 0 Å². The molecule has 9 heteroatoms. The third kappa shape index (κ3) is 13.4. The van der Waals surface area contributed by atoms with E-state index in [-0.39, 0.29) is 25.0 Å². The number of phosphoric acid groups is 1. The monoisotopic (exact) mass is 416 g/mol. The number of unbranched alkanes of at least 4 members (excludes halogenated alkanes) is 2. The summed E-state index contributed by atoms with van der Waals surface area (Å²) in [5.74, 6) is 0.311. The standard InChI is InChI=1S/C17H38O7P2/c1-7-9-11-20-25(18,21-12-10-8-2)15-24-26(19,22-13-16(3)4)23-14-17(5)6/h16-17H,7-15H2,1-6H3. The van der Waals surface area contributed by atoms with Gasteiger partial charge < -0.3 is 9.05 Å². The van der Waals surface area contributed by atoms with E-state index in [1.54, 1.807) is 0 Å². The average Bonchev–Trinajstić information content (AvgIpc) is 2.57. The summed E-state index contributed by atoms with van der Waals surface area (Å²) in [4.78, 5) is 0. The van der Waals surface area contributed by atoms with Gasteiger partial charge in [0.15, 0.2) is 6.35 Å². The van der Waals surface area contributed by atoms with Gasteiger partial charge in [-0.1, -0.05) is 54.4 Å². The Bertz CT molecular complexity index is 411. The summed E-state index contributed by atoms with van der Waals surface area (Å²) in [6.45, 7) is 12.8.